The molecule has 3 aromatic carbocycles. The number of hydrogen-bond acceptors (Lipinski definition) is 3. The number of allylic oxidation sites excluding steroid dienone is 1. The van der Waals surface area contributed by atoms with Gasteiger partial charge in [-0.1, -0.05) is 109 Å². The Balaban J connectivity index is 0.872. The van der Waals surface area contributed by atoms with Crippen LogP contribution in [0.5, 0.6) is 0 Å². The number of benzene rings is 3. The smallest absolute Gasteiger partial charge is 0.0704 e. The Morgan fingerprint density at radius 3 is 2.48 bits per heavy atom. The minimum atomic E-state index is 0.345. The van der Waals surface area contributed by atoms with Crippen molar-refractivity contribution in [3.05, 3.63) is 59.3 Å². The van der Waals surface area contributed by atoms with Gasteiger partial charge in [-0.15, -0.1) is 0 Å². The van der Waals surface area contributed by atoms with Crippen molar-refractivity contribution in [1.29, 1.82) is 0 Å². The van der Waals surface area contributed by atoms with Gasteiger partial charge in [0.05, 0.1) is 25.9 Å². The molecule has 3 fully saturated rings. The van der Waals surface area contributed by atoms with Crippen LogP contribution in [0.3, 0.4) is 0 Å². The van der Waals surface area contributed by atoms with Crippen LogP contribution in [0.1, 0.15) is 105 Å². The Labute approximate surface area is 291 Å². The van der Waals surface area contributed by atoms with E-state index in [0.717, 1.165) is 59.4 Å². The third-order valence-electron chi connectivity index (χ3n) is 14.3. The van der Waals surface area contributed by atoms with Crippen molar-refractivity contribution in [3.8, 4) is 0 Å². The van der Waals surface area contributed by atoms with Crippen molar-refractivity contribution < 1.29 is 9.47 Å². The molecule has 3 aromatic rings. The van der Waals surface area contributed by atoms with Crippen LogP contribution >= 0.6 is 0 Å². The second-order valence-corrected chi connectivity index (χ2v) is 17.4. The minimum absolute atomic E-state index is 0.345. The van der Waals surface area contributed by atoms with Crippen molar-refractivity contribution in [2.75, 3.05) is 31.7 Å². The van der Waals surface area contributed by atoms with E-state index in [9.17, 15) is 0 Å². The highest BCUT2D eigenvalue weighted by Crippen LogP contribution is 2.67. The van der Waals surface area contributed by atoms with Crippen LogP contribution in [0.25, 0.3) is 28.1 Å². The van der Waals surface area contributed by atoms with Gasteiger partial charge in [0.2, 0.25) is 0 Å². The zero-order chi connectivity index (χ0) is 33.5. The van der Waals surface area contributed by atoms with Gasteiger partial charge in [-0.05, 0) is 125 Å². The molecule has 3 nitrogen and oxygen atoms in total. The van der Waals surface area contributed by atoms with Gasteiger partial charge in [-0.3, -0.25) is 0 Å². The summed E-state index contributed by atoms with van der Waals surface area (Å²) in [5.41, 5.74) is 3.82. The molecule has 0 heterocycles. The molecule has 4 aliphatic carbocycles. The SMILES string of the molecule is C=c1ccc2cccc3ccc(NCCOCCO[C@@H]4CC[C@]5(C)C(=CC[C@@H]6[C@H]7CC[C@@H]([C@@H](C)CCCC(C)C)[C@]7(C)CC[C@H]65)C4)c1c32. The van der Waals surface area contributed by atoms with E-state index in [1.165, 1.54) is 85.8 Å². The quantitative estimate of drug-likeness (QED) is 0.148. The first-order valence-electron chi connectivity index (χ1n) is 19.7. The number of ether oxygens (including phenoxy) is 2. The monoisotopic (exact) mass is 649 g/mol. The van der Waals surface area contributed by atoms with Crippen molar-refractivity contribution >= 4 is 33.8 Å². The van der Waals surface area contributed by atoms with Gasteiger partial charge in [0.25, 0.3) is 0 Å². The van der Waals surface area contributed by atoms with Gasteiger partial charge in [0.15, 0.2) is 0 Å². The van der Waals surface area contributed by atoms with Crippen LogP contribution in [0, 0.1) is 46.3 Å². The molecule has 0 unspecified atom stereocenters. The average molecular weight is 650 g/mol. The fourth-order valence-corrected chi connectivity index (χ4v) is 11.7. The first-order chi connectivity index (χ1) is 23.2. The normalized spacial score (nSPS) is 32.2. The maximum atomic E-state index is 6.46. The Hall–Kier alpha value is -2.36. The molecular formula is C45H63NO2. The first-order valence-corrected chi connectivity index (χ1v) is 19.7. The summed E-state index contributed by atoms with van der Waals surface area (Å²) in [5.74, 6) is 5.37. The lowest BCUT2D eigenvalue weighted by Gasteiger charge is -2.58. The highest BCUT2D eigenvalue weighted by atomic mass is 16.5. The highest BCUT2D eigenvalue weighted by molar-refractivity contribution is 6.14. The van der Waals surface area contributed by atoms with Gasteiger partial charge < -0.3 is 14.8 Å². The predicted molar refractivity (Wildman–Crippen MR) is 204 cm³/mol. The second kappa shape index (κ2) is 14.1. The molecule has 0 aromatic heterocycles. The predicted octanol–water partition coefficient (Wildman–Crippen LogP) is 11.0. The van der Waals surface area contributed by atoms with Crippen LogP contribution in [0.4, 0.5) is 5.69 Å². The van der Waals surface area contributed by atoms with E-state index in [-0.39, 0.29) is 0 Å². The van der Waals surface area contributed by atoms with E-state index in [0.29, 0.717) is 36.8 Å². The van der Waals surface area contributed by atoms with Crippen LogP contribution in [-0.4, -0.2) is 32.5 Å². The van der Waals surface area contributed by atoms with Crippen molar-refractivity contribution in [3.63, 3.8) is 0 Å². The number of anilines is 1. The average Bonchev–Trinajstić information content (AvgIpc) is 3.43. The van der Waals surface area contributed by atoms with E-state index >= 15 is 0 Å². The maximum absolute atomic E-state index is 6.46. The summed E-state index contributed by atoms with van der Waals surface area (Å²) in [7, 11) is 0. The van der Waals surface area contributed by atoms with Crippen molar-refractivity contribution in [2.45, 2.75) is 111 Å². The molecule has 260 valence electrons. The van der Waals surface area contributed by atoms with E-state index in [1.54, 1.807) is 5.57 Å². The third-order valence-corrected chi connectivity index (χ3v) is 14.3. The van der Waals surface area contributed by atoms with Crippen molar-refractivity contribution in [2.24, 2.45) is 46.3 Å². The standard InChI is InChI=1S/C45H63NO2/c1-30(2)9-7-10-31(3)38-18-19-39-37-17-16-35-29-36(21-23-44(35,5)40(37)22-24-45(38,39)6)48-28-27-47-26-25-46-41-20-15-34-12-8-11-33-14-13-32(4)42(41)43(33)34/h8,11-16,20,30-31,36-40,46H,4,7,9-10,17-19,21-29H2,1-3,5-6H3/t31-,36+,37+,38-,39+,40+,44+,45-/m0/s1. The molecule has 4 aliphatic rings. The fraction of sp³-hybridized carbons (Fsp3) is 0.644. The second-order valence-electron chi connectivity index (χ2n) is 17.4. The zero-order valence-corrected chi connectivity index (χ0v) is 30.8. The number of hydrogen-bond donors (Lipinski definition) is 1. The molecule has 0 radical (unpaired) electrons. The summed E-state index contributed by atoms with van der Waals surface area (Å²) in [6.45, 7) is 19.8. The largest absolute Gasteiger partial charge is 0.382 e. The first kappa shape index (κ1) is 34.1. The van der Waals surface area contributed by atoms with E-state index in [2.05, 4.69) is 95.1 Å². The summed E-state index contributed by atoms with van der Waals surface area (Å²) in [6, 6.07) is 15.2. The maximum Gasteiger partial charge on any atom is 0.0704 e. The Bertz CT molecular complexity index is 1630. The summed E-state index contributed by atoms with van der Waals surface area (Å²) in [4.78, 5) is 0. The molecule has 1 N–H and O–H groups in total. The third kappa shape index (κ3) is 6.37. The molecular weight excluding hydrogens is 587 g/mol. The molecule has 48 heavy (non-hydrogen) atoms. The van der Waals surface area contributed by atoms with E-state index in [4.69, 9.17) is 9.47 Å². The number of fused-ring (bicyclic) bond motifs is 5. The molecule has 0 aliphatic heterocycles. The zero-order valence-electron chi connectivity index (χ0n) is 30.8. The topological polar surface area (TPSA) is 30.5 Å². The van der Waals surface area contributed by atoms with Crippen LogP contribution < -0.4 is 10.5 Å². The Morgan fingerprint density at radius 2 is 1.67 bits per heavy atom. The molecule has 0 saturated heterocycles. The van der Waals surface area contributed by atoms with Gasteiger partial charge in [-0.2, -0.15) is 0 Å². The summed E-state index contributed by atoms with van der Waals surface area (Å²) in [6.07, 6.45) is 18.1. The Morgan fingerprint density at radius 1 is 0.854 bits per heavy atom. The lowest BCUT2D eigenvalue weighted by Crippen LogP contribution is -2.51. The van der Waals surface area contributed by atoms with Gasteiger partial charge in [0, 0.05) is 17.6 Å². The van der Waals surface area contributed by atoms with Crippen molar-refractivity contribution in [1.82, 2.24) is 0 Å². The summed E-state index contributed by atoms with van der Waals surface area (Å²) < 4.78 is 12.5. The molecule has 3 heteroatoms. The molecule has 7 rings (SSSR count). The van der Waals surface area contributed by atoms with Crippen LogP contribution in [-0.2, 0) is 9.47 Å². The molecule has 8 atom stereocenters. The van der Waals surface area contributed by atoms with Gasteiger partial charge in [-0.25, -0.2) is 0 Å². The summed E-state index contributed by atoms with van der Waals surface area (Å²) in [5, 5.41) is 9.72. The number of nitrogens with one attached hydrogen (secondary N) is 1. The molecule has 3 saturated carbocycles. The van der Waals surface area contributed by atoms with E-state index in [1.807, 2.05) is 0 Å². The molecule has 0 bridgehead atoms. The number of rotatable bonds is 13. The van der Waals surface area contributed by atoms with Crippen LogP contribution in [0.15, 0.2) is 54.1 Å². The minimum Gasteiger partial charge on any atom is -0.382 e. The van der Waals surface area contributed by atoms with Crippen LogP contribution in [0.2, 0.25) is 0 Å². The fourth-order valence-electron chi connectivity index (χ4n) is 11.7. The Kier molecular flexibility index (Phi) is 10.0. The van der Waals surface area contributed by atoms with E-state index < -0.39 is 0 Å². The van der Waals surface area contributed by atoms with Gasteiger partial charge >= 0.3 is 0 Å². The highest BCUT2D eigenvalue weighted by Gasteiger charge is 2.59. The molecule has 0 spiro atoms. The van der Waals surface area contributed by atoms with Gasteiger partial charge in [0.1, 0.15) is 0 Å². The lowest BCUT2D eigenvalue weighted by molar-refractivity contribution is -0.0676. The lowest BCUT2D eigenvalue weighted by atomic mass is 9.47. The molecule has 0 amide bonds. The summed E-state index contributed by atoms with van der Waals surface area (Å²) >= 11 is 0.